The minimum atomic E-state index is -0.498. The average molecular weight is 552 g/mol. The number of rotatable bonds is 17. The molecule has 2 saturated heterocycles. The highest BCUT2D eigenvalue weighted by Crippen LogP contribution is 2.33. The standard InChI is InChI=1S/C26H37N3O8S/c1-2-36-24(31)18-7-9-19(10-8-18)25(32)37-16-15-35-14-13-34-12-11-27-22(30)6-4-3-5-21-23-20(17-38-21)28-26(33)29-23/h7-10,20-21,23H,2-6,11-17H2,1H3,(H,27,30)(H2,28,29,33)/t20-,21?,23-/m1/s1. The number of hydrogen-bond acceptors (Lipinski definition) is 9. The van der Waals surface area contributed by atoms with Crippen molar-refractivity contribution >= 4 is 35.6 Å². The van der Waals surface area contributed by atoms with Crippen LogP contribution in [0.5, 0.6) is 0 Å². The van der Waals surface area contributed by atoms with Crippen molar-refractivity contribution in [1.82, 2.24) is 16.0 Å². The smallest absolute Gasteiger partial charge is 0.338 e. The molecule has 0 spiro atoms. The molecule has 2 aliphatic rings. The van der Waals surface area contributed by atoms with E-state index in [1.807, 2.05) is 11.8 Å². The summed E-state index contributed by atoms with van der Waals surface area (Å²) in [5.41, 5.74) is 0.712. The largest absolute Gasteiger partial charge is 0.462 e. The Labute approximate surface area is 227 Å². The van der Waals surface area contributed by atoms with Gasteiger partial charge in [0.05, 0.1) is 56.2 Å². The van der Waals surface area contributed by atoms with Gasteiger partial charge in [-0.05, 0) is 44.0 Å². The highest BCUT2D eigenvalue weighted by molar-refractivity contribution is 8.00. The molecule has 0 aliphatic carbocycles. The third kappa shape index (κ3) is 9.80. The molecule has 2 heterocycles. The van der Waals surface area contributed by atoms with E-state index in [4.69, 9.17) is 18.9 Å². The molecule has 2 aliphatic heterocycles. The average Bonchev–Trinajstić information content (AvgIpc) is 3.47. The SMILES string of the molecule is CCOC(=O)c1ccc(C(=O)OCCOCCOCCNC(=O)CCCCC2SC[C@H]3NC(=O)N[C@@H]23)cc1. The van der Waals surface area contributed by atoms with Crippen molar-refractivity contribution in [3.05, 3.63) is 35.4 Å². The summed E-state index contributed by atoms with van der Waals surface area (Å²) in [7, 11) is 0. The second-order valence-electron chi connectivity index (χ2n) is 8.88. The van der Waals surface area contributed by atoms with Gasteiger partial charge in [-0.25, -0.2) is 14.4 Å². The van der Waals surface area contributed by atoms with E-state index >= 15 is 0 Å². The maximum Gasteiger partial charge on any atom is 0.338 e. The van der Waals surface area contributed by atoms with Gasteiger partial charge >= 0.3 is 18.0 Å². The van der Waals surface area contributed by atoms with Crippen LogP contribution in [0.4, 0.5) is 4.79 Å². The van der Waals surface area contributed by atoms with E-state index in [-0.39, 0.29) is 43.8 Å². The Bertz CT molecular complexity index is 930. The van der Waals surface area contributed by atoms with Crippen LogP contribution in [0.3, 0.4) is 0 Å². The van der Waals surface area contributed by atoms with Gasteiger partial charge in [-0.2, -0.15) is 11.8 Å². The molecule has 3 atom stereocenters. The highest BCUT2D eigenvalue weighted by Gasteiger charge is 2.42. The zero-order valence-corrected chi connectivity index (χ0v) is 22.5. The van der Waals surface area contributed by atoms with Crippen LogP contribution in [0.25, 0.3) is 0 Å². The molecule has 38 heavy (non-hydrogen) atoms. The maximum atomic E-state index is 12.0. The molecule has 1 unspecified atom stereocenters. The second-order valence-corrected chi connectivity index (χ2v) is 10.1. The van der Waals surface area contributed by atoms with Gasteiger partial charge in [-0.1, -0.05) is 6.42 Å². The number of urea groups is 1. The topological polar surface area (TPSA) is 141 Å². The lowest BCUT2D eigenvalue weighted by atomic mass is 10.0. The predicted molar refractivity (Wildman–Crippen MR) is 141 cm³/mol. The van der Waals surface area contributed by atoms with Crippen LogP contribution in [0.1, 0.15) is 53.3 Å². The molecule has 3 rings (SSSR count). The molecule has 0 bridgehead atoms. The fourth-order valence-electron chi connectivity index (χ4n) is 4.18. The third-order valence-corrected chi connectivity index (χ3v) is 7.62. The molecule has 3 N–H and O–H groups in total. The number of esters is 2. The summed E-state index contributed by atoms with van der Waals surface area (Å²) in [5.74, 6) is 0.0216. The second kappa shape index (κ2) is 16.2. The van der Waals surface area contributed by atoms with E-state index in [0.717, 1.165) is 25.0 Å². The van der Waals surface area contributed by atoms with Gasteiger partial charge in [0.25, 0.3) is 0 Å². The number of ether oxygens (including phenoxy) is 4. The molecule has 0 saturated carbocycles. The van der Waals surface area contributed by atoms with Crippen molar-refractivity contribution in [3.63, 3.8) is 0 Å². The van der Waals surface area contributed by atoms with Crippen LogP contribution in [0.2, 0.25) is 0 Å². The number of carbonyl (C=O) groups is 4. The summed E-state index contributed by atoms with van der Waals surface area (Å²) in [6.45, 7) is 3.88. The summed E-state index contributed by atoms with van der Waals surface area (Å²) in [6, 6.07) is 6.44. The summed E-state index contributed by atoms with van der Waals surface area (Å²) in [4.78, 5) is 47.1. The third-order valence-electron chi connectivity index (χ3n) is 6.11. The van der Waals surface area contributed by atoms with Crippen LogP contribution in [-0.4, -0.2) is 93.1 Å². The summed E-state index contributed by atoms with van der Waals surface area (Å²) in [5, 5.41) is 9.19. The van der Waals surface area contributed by atoms with Gasteiger partial charge in [0.2, 0.25) is 5.91 Å². The Kier molecular flexibility index (Phi) is 12.7. The summed E-state index contributed by atoms with van der Waals surface area (Å²) < 4.78 is 20.9. The van der Waals surface area contributed by atoms with Crippen molar-refractivity contribution in [2.45, 2.75) is 49.9 Å². The van der Waals surface area contributed by atoms with Gasteiger partial charge in [-0.3, -0.25) is 4.79 Å². The molecule has 2 fully saturated rings. The first-order valence-corrected chi connectivity index (χ1v) is 14.1. The molecule has 1 aromatic rings. The van der Waals surface area contributed by atoms with E-state index in [2.05, 4.69) is 16.0 Å². The number of nitrogens with one attached hydrogen (secondary N) is 3. The van der Waals surface area contributed by atoms with Crippen molar-refractivity contribution in [1.29, 1.82) is 0 Å². The maximum absolute atomic E-state index is 12.0. The minimum absolute atomic E-state index is 0.00925. The van der Waals surface area contributed by atoms with Crippen LogP contribution >= 0.6 is 11.8 Å². The number of fused-ring (bicyclic) bond motifs is 1. The van der Waals surface area contributed by atoms with Crippen LogP contribution < -0.4 is 16.0 Å². The quantitative estimate of drug-likeness (QED) is 0.150. The summed E-state index contributed by atoms with van der Waals surface area (Å²) >= 11 is 1.89. The number of benzene rings is 1. The molecular weight excluding hydrogens is 514 g/mol. The molecule has 3 amide bonds. The van der Waals surface area contributed by atoms with E-state index in [1.165, 1.54) is 24.3 Å². The molecule has 210 valence electrons. The Morgan fingerprint density at radius 2 is 1.58 bits per heavy atom. The lowest BCUT2D eigenvalue weighted by Crippen LogP contribution is -2.36. The van der Waals surface area contributed by atoms with Gasteiger partial charge < -0.3 is 34.9 Å². The van der Waals surface area contributed by atoms with Gasteiger partial charge in [0.15, 0.2) is 0 Å². The normalized spacial score (nSPS) is 19.8. The number of unbranched alkanes of at least 4 members (excludes halogenated alkanes) is 1. The Balaban J connectivity index is 1.10. The molecule has 1 aromatic carbocycles. The first-order valence-electron chi connectivity index (χ1n) is 13.0. The Morgan fingerprint density at radius 3 is 2.29 bits per heavy atom. The zero-order valence-electron chi connectivity index (χ0n) is 21.7. The van der Waals surface area contributed by atoms with Gasteiger partial charge in [0, 0.05) is 24.0 Å². The molecular formula is C26H37N3O8S. The number of carbonyl (C=O) groups excluding carboxylic acids is 4. The zero-order chi connectivity index (χ0) is 27.2. The van der Waals surface area contributed by atoms with E-state index in [0.29, 0.717) is 49.2 Å². The van der Waals surface area contributed by atoms with Crippen molar-refractivity contribution < 1.29 is 38.1 Å². The van der Waals surface area contributed by atoms with E-state index in [1.54, 1.807) is 6.92 Å². The molecule has 11 nitrogen and oxygen atoms in total. The number of amides is 3. The van der Waals surface area contributed by atoms with E-state index < -0.39 is 11.9 Å². The number of thioether (sulfide) groups is 1. The van der Waals surface area contributed by atoms with Crippen LogP contribution in [0.15, 0.2) is 24.3 Å². The lowest BCUT2D eigenvalue weighted by Gasteiger charge is -2.16. The first kappa shape index (κ1) is 29.7. The van der Waals surface area contributed by atoms with Crippen LogP contribution in [0, 0.1) is 0 Å². The lowest BCUT2D eigenvalue weighted by molar-refractivity contribution is -0.121. The van der Waals surface area contributed by atoms with Gasteiger partial charge in [-0.15, -0.1) is 0 Å². The predicted octanol–water partition coefficient (Wildman–Crippen LogP) is 1.90. The van der Waals surface area contributed by atoms with Crippen molar-refractivity contribution in [2.75, 3.05) is 51.9 Å². The molecule has 12 heteroatoms. The summed E-state index contributed by atoms with van der Waals surface area (Å²) in [6.07, 6.45) is 3.25. The fourth-order valence-corrected chi connectivity index (χ4v) is 5.72. The van der Waals surface area contributed by atoms with E-state index in [9.17, 15) is 19.2 Å². The first-order chi connectivity index (χ1) is 18.5. The Hall–Kier alpha value is -2.83. The molecule has 0 aromatic heterocycles. The van der Waals surface area contributed by atoms with Crippen LogP contribution in [-0.2, 0) is 23.7 Å². The highest BCUT2D eigenvalue weighted by atomic mass is 32.2. The Morgan fingerprint density at radius 1 is 0.921 bits per heavy atom. The fraction of sp³-hybridized carbons (Fsp3) is 0.615. The van der Waals surface area contributed by atoms with Gasteiger partial charge in [0.1, 0.15) is 6.61 Å². The monoisotopic (exact) mass is 551 g/mol. The van der Waals surface area contributed by atoms with Crippen molar-refractivity contribution in [3.8, 4) is 0 Å². The molecule has 0 radical (unpaired) electrons. The van der Waals surface area contributed by atoms with Crippen molar-refractivity contribution in [2.24, 2.45) is 0 Å². The number of hydrogen-bond donors (Lipinski definition) is 3. The minimum Gasteiger partial charge on any atom is -0.462 e.